The van der Waals surface area contributed by atoms with Crippen molar-refractivity contribution in [2.24, 2.45) is 0 Å². The van der Waals surface area contributed by atoms with Crippen molar-refractivity contribution >= 4 is 17.6 Å². The third kappa shape index (κ3) is 3.53. The number of carboxylic acid groups (broad SMARTS) is 1. The Bertz CT molecular complexity index is 361. The Morgan fingerprint density at radius 3 is 2.67 bits per heavy atom. The van der Waals surface area contributed by atoms with Gasteiger partial charge in [0, 0.05) is 5.02 Å². The maximum absolute atomic E-state index is 10.6. The zero-order valence-corrected chi connectivity index (χ0v) is 9.41. The Kier molecular flexibility index (Phi) is 4.12. The fourth-order valence-electron chi connectivity index (χ4n) is 1.05. The largest absolute Gasteiger partial charge is 0.478 e. The minimum atomic E-state index is -0.978. The third-order valence-corrected chi connectivity index (χ3v) is 2.22. The van der Waals surface area contributed by atoms with E-state index in [9.17, 15) is 4.79 Å². The minimum Gasteiger partial charge on any atom is -0.478 e. The average molecular weight is 229 g/mol. The summed E-state index contributed by atoms with van der Waals surface area (Å²) >= 11 is 5.91. The lowest BCUT2D eigenvalue weighted by Crippen LogP contribution is -2.03. The molecule has 15 heavy (non-hydrogen) atoms. The van der Waals surface area contributed by atoms with E-state index in [4.69, 9.17) is 21.4 Å². The second kappa shape index (κ2) is 5.14. The van der Waals surface area contributed by atoms with Gasteiger partial charge in [0.2, 0.25) is 0 Å². The van der Waals surface area contributed by atoms with E-state index in [1.165, 1.54) is 12.1 Å². The summed E-state index contributed by atoms with van der Waals surface area (Å²) < 4.78 is 5.38. The molecule has 0 spiro atoms. The van der Waals surface area contributed by atoms with Gasteiger partial charge in [-0.2, -0.15) is 0 Å². The lowest BCUT2D eigenvalue weighted by Gasteiger charge is -2.09. The van der Waals surface area contributed by atoms with Crippen LogP contribution < -0.4 is 0 Å². The first kappa shape index (κ1) is 12.0. The van der Waals surface area contributed by atoms with Crippen molar-refractivity contribution in [3.8, 4) is 0 Å². The number of halogens is 1. The van der Waals surface area contributed by atoms with Crippen LogP contribution in [0.25, 0.3) is 0 Å². The summed E-state index contributed by atoms with van der Waals surface area (Å²) in [6, 6.07) is 4.63. The molecule has 0 aromatic heterocycles. The number of benzene rings is 1. The molecule has 0 fully saturated rings. The first-order valence-electron chi connectivity index (χ1n) is 4.64. The van der Waals surface area contributed by atoms with Crippen molar-refractivity contribution in [2.45, 2.75) is 26.6 Å². The maximum atomic E-state index is 10.6. The number of carboxylic acids is 1. The highest BCUT2D eigenvalue weighted by molar-refractivity contribution is 6.31. The quantitative estimate of drug-likeness (QED) is 0.862. The molecular formula is C11H13ClO3. The molecule has 0 radical (unpaired) electrons. The molecule has 0 atom stereocenters. The predicted molar refractivity (Wildman–Crippen MR) is 58.3 cm³/mol. The summed E-state index contributed by atoms with van der Waals surface area (Å²) in [6.45, 7) is 4.26. The van der Waals surface area contributed by atoms with E-state index in [2.05, 4.69) is 0 Å². The summed E-state index contributed by atoms with van der Waals surface area (Å²) in [5.41, 5.74) is 0.990. The molecule has 4 heteroatoms. The van der Waals surface area contributed by atoms with Crippen LogP contribution in [0, 0.1) is 0 Å². The van der Waals surface area contributed by atoms with Crippen LogP contribution >= 0.6 is 11.6 Å². The molecule has 3 nitrogen and oxygen atoms in total. The van der Waals surface area contributed by atoms with Crippen LogP contribution in [-0.4, -0.2) is 17.2 Å². The molecule has 0 amide bonds. The van der Waals surface area contributed by atoms with Crippen LogP contribution in [0.15, 0.2) is 18.2 Å². The molecule has 0 heterocycles. The number of aromatic carboxylic acids is 1. The maximum Gasteiger partial charge on any atom is 0.335 e. The Balaban J connectivity index is 2.79. The molecule has 1 aromatic rings. The average Bonchev–Trinajstić information content (AvgIpc) is 2.15. The monoisotopic (exact) mass is 228 g/mol. The van der Waals surface area contributed by atoms with Gasteiger partial charge < -0.3 is 9.84 Å². The van der Waals surface area contributed by atoms with E-state index in [0.717, 1.165) is 5.56 Å². The number of carbonyl (C=O) groups is 1. The number of ether oxygens (including phenoxy) is 1. The minimum absolute atomic E-state index is 0.125. The van der Waals surface area contributed by atoms with Crippen molar-refractivity contribution in [2.75, 3.05) is 0 Å². The highest BCUT2D eigenvalue weighted by atomic mass is 35.5. The smallest absolute Gasteiger partial charge is 0.335 e. The van der Waals surface area contributed by atoms with Crippen molar-refractivity contribution < 1.29 is 14.6 Å². The molecular weight excluding hydrogens is 216 g/mol. The molecule has 82 valence electrons. The molecule has 1 N–H and O–H groups in total. The van der Waals surface area contributed by atoms with Gasteiger partial charge >= 0.3 is 5.97 Å². The lowest BCUT2D eigenvalue weighted by atomic mass is 10.1. The molecule has 0 aliphatic carbocycles. The van der Waals surface area contributed by atoms with E-state index >= 15 is 0 Å². The van der Waals surface area contributed by atoms with Crippen molar-refractivity contribution in [3.05, 3.63) is 34.3 Å². The topological polar surface area (TPSA) is 46.5 Å². The SMILES string of the molecule is CC(C)OCc1ccc(C(=O)O)cc1Cl. The van der Waals surface area contributed by atoms with E-state index in [1.807, 2.05) is 13.8 Å². The van der Waals surface area contributed by atoms with E-state index < -0.39 is 5.97 Å². The molecule has 0 aliphatic rings. The van der Waals surface area contributed by atoms with Gasteiger partial charge in [-0.15, -0.1) is 0 Å². The zero-order valence-electron chi connectivity index (χ0n) is 8.66. The summed E-state index contributed by atoms with van der Waals surface area (Å²) in [6.07, 6.45) is 0.125. The molecule has 0 saturated carbocycles. The molecule has 0 bridgehead atoms. The fraction of sp³-hybridized carbons (Fsp3) is 0.364. The Morgan fingerprint density at radius 1 is 1.53 bits per heavy atom. The van der Waals surface area contributed by atoms with Crippen LogP contribution in [0.2, 0.25) is 5.02 Å². The standard InChI is InChI=1S/C11H13ClO3/c1-7(2)15-6-9-4-3-8(11(13)14)5-10(9)12/h3-5,7H,6H2,1-2H3,(H,13,14). The molecule has 1 rings (SSSR count). The van der Waals surface area contributed by atoms with Crippen molar-refractivity contribution in [3.63, 3.8) is 0 Å². The van der Waals surface area contributed by atoms with E-state index in [-0.39, 0.29) is 11.7 Å². The summed E-state index contributed by atoms with van der Waals surface area (Å²) in [5, 5.41) is 9.15. The number of rotatable bonds is 4. The van der Waals surface area contributed by atoms with Crippen LogP contribution in [0.4, 0.5) is 0 Å². The van der Waals surface area contributed by atoms with Gasteiger partial charge in [-0.25, -0.2) is 4.79 Å². The van der Waals surface area contributed by atoms with Crippen LogP contribution in [0.5, 0.6) is 0 Å². The highest BCUT2D eigenvalue weighted by Gasteiger charge is 2.07. The predicted octanol–water partition coefficient (Wildman–Crippen LogP) is 2.96. The van der Waals surface area contributed by atoms with Gasteiger partial charge in [0.15, 0.2) is 0 Å². The first-order valence-corrected chi connectivity index (χ1v) is 5.02. The number of hydrogen-bond donors (Lipinski definition) is 1. The second-order valence-corrected chi connectivity index (χ2v) is 3.88. The van der Waals surface area contributed by atoms with Crippen molar-refractivity contribution in [1.29, 1.82) is 0 Å². The normalized spacial score (nSPS) is 10.7. The third-order valence-electron chi connectivity index (χ3n) is 1.87. The van der Waals surface area contributed by atoms with Gasteiger partial charge in [-0.3, -0.25) is 0 Å². The van der Waals surface area contributed by atoms with Gasteiger partial charge in [0.1, 0.15) is 0 Å². The zero-order chi connectivity index (χ0) is 11.4. The number of hydrogen-bond acceptors (Lipinski definition) is 2. The van der Waals surface area contributed by atoms with Gasteiger partial charge in [0.05, 0.1) is 18.3 Å². The van der Waals surface area contributed by atoms with Crippen LogP contribution in [-0.2, 0) is 11.3 Å². The second-order valence-electron chi connectivity index (χ2n) is 3.47. The van der Waals surface area contributed by atoms with Crippen LogP contribution in [0.1, 0.15) is 29.8 Å². The first-order chi connectivity index (χ1) is 7.00. The van der Waals surface area contributed by atoms with Crippen LogP contribution in [0.3, 0.4) is 0 Å². The summed E-state index contributed by atoms with van der Waals surface area (Å²) in [7, 11) is 0. The van der Waals surface area contributed by atoms with Crippen molar-refractivity contribution in [1.82, 2.24) is 0 Å². The van der Waals surface area contributed by atoms with E-state index in [1.54, 1.807) is 6.07 Å². The lowest BCUT2D eigenvalue weighted by molar-refractivity contribution is 0.0653. The summed E-state index contributed by atoms with van der Waals surface area (Å²) in [4.78, 5) is 10.6. The molecule has 0 unspecified atom stereocenters. The van der Waals surface area contributed by atoms with Gasteiger partial charge in [-0.05, 0) is 31.5 Å². The van der Waals surface area contributed by atoms with Gasteiger partial charge in [-0.1, -0.05) is 17.7 Å². The molecule has 0 saturated heterocycles. The Labute approximate surface area is 93.6 Å². The van der Waals surface area contributed by atoms with E-state index in [0.29, 0.717) is 11.6 Å². The van der Waals surface area contributed by atoms with Gasteiger partial charge in [0.25, 0.3) is 0 Å². The highest BCUT2D eigenvalue weighted by Crippen LogP contribution is 2.19. The molecule has 0 aliphatic heterocycles. The Hall–Kier alpha value is -1.06. The Morgan fingerprint density at radius 2 is 2.20 bits per heavy atom. The summed E-state index contributed by atoms with van der Waals surface area (Å²) in [5.74, 6) is -0.978. The fourth-order valence-corrected chi connectivity index (χ4v) is 1.29. The molecule has 1 aromatic carbocycles.